The van der Waals surface area contributed by atoms with Gasteiger partial charge >= 0.3 is 6.18 Å². The summed E-state index contributed by atoms with van der Waals surface area (Å²) in [5.41, 5.74) is -0.465. The molecule has 2 unspecified atom stereocenters. The van der Waals surface area contributed by atoms with E-state index in [1.165, 1.54) is 40.3 Å². The van der Waals surface area contributed by atoms with Gasteiger partial charge in [0.1, 0.15) is 17.3 Å². The number of rotatable bonds is 4. The molecule has 0 radical (unpaired) electrons. The van der Waals surface area contributed by atoms with Gasteiger partial charge in [0.25, 0.3) is 5.91 Å². The number of nitrogens with zero attached hydrogens (tertiary/aromatic N) is 8. The molecule has 0 bridgehead atoms. The fourth-order valence-corrected chi connectivity index (χ4v) is 4.64. The van der Waals surface area contributed by atoms with Crippen molar-refractivity contribution in [1.29, 1.82) is 0 Å². The lowest BCUT2D eigenvalue weighted by Gasteiger charge is -2.24. The maximum Gasteiger partial charge on any atom is 0.433 e. The standard InChI is InChI=1S/C22H22F4N8O/c1-31(2)21-29-18(22(24,25)26)8-19(30-21)32-9-13-11-33(12-14(13)10-32)20(35)16-4-3-15(23)7-17(16)34-27-5-6-28-34/h3-8,13-14H,9-12H2,1-2H3. The Labute approximate surface area is 198 Å². The molecule has 9 nitrogen and oxygen atoms in total. The van der Waals surface area contributed by atoms with E-state index < -0.39 is 17.7 Å². The zero-order valence-corrected chi connectivity index (χ0v) is 18.9. The number of amides is 1. The van der Waals surface area contributed by atoms with Crippen molar-refractivity contribution in [2.75, 3.05) is 50.1 Å². The van der Waals surface area contributed by atoms with Crippen LogP contribution in [0.2, 0.25) is 0 Å². The second-order valence-corrected chi connectivity index (χ2v) is 8.92. The van der Waals surface area contributed by atoms with Crippen LogP contribution in [0.15, 0.2) is 36.7 Å². The Morgan fingerprint density at radius 2 is 1.66 bits per heavy atom. The average molecular weight is 490 g/mol. The van der Waals surface area contributed by atoms with Gasteiger partial charge in [-0.3, -0.25) is 4.79 Å². The van der Waals surface area contributed by atoms with E-state index in [1.54, 1.807) is 19.0 Å². The van der Waals surface area contributed by atoms with Crippen LogP contribution < -0.4 is 9.80 Å². The molecular weight excluding hydrogens is 468 g/mol. The first-order valence-electron chi connectivity index (χ1n) is 10.9. The lowest BCUT2D eigenvalue weighted by Crippen LogP contribution is -2.34. The van der Waals surface area contributed by atoms with Gasteiger partial charge in [0.15, 0.2) is 5.69 Å². The Morgan fingerprint density at radius 1 is 1.00 bits per heavy atom. The van der Waals surface area contributed by atoms with E-state index in [1.807, 2.05) is 4.90 Å². The van der Waals surface area contributed by atoms with E-state index in [0.29, 0.717) is 26.2 Å². The molecule has 5 rings (SSSR count). The third-order valence-electron chi connectivity index (χ3n) is 6.31. The van der Waals surface area contributed by atoms with Gasteiger partial charge in [0.2, 0.25) is 5.95 Å². The van der Waals surface area contributed by atoms with E-state index in [0.717, 1.165) is 6.07 Å². The lowest BCUT2D eigenvalue weighted by molar-refractivity contribution is -0.141. The SMILES string of the molecule is CN(C)c1nc(N2CC3CN(C(=O)c4ccc(F)cc4-n4nccn4)CC3C2)cc(C(F)(F)F)n1. The summed E-state index contributed by atoms with van der Waals surface area (Å²) in [5, 5.41) is 8.02. The Kier molecular flexibility index (Phi) is 5.56. The van der Waals surface area contributed by atoms with Crippen LogP contribution >= 0.6 is 0 Å². The van der Waals surface area contributed by atoms with E-state index in [2.05, 4.69) is 20.2 Å². The highest BCUT2D eigenvalue weighted by Crippen LogP contribution is 2.37. The Hall–Kier alpha value is -3.77. The van der Waals surface area contributed by atoms with Crippen molar-refractivity contribution < 1.29 is 22.4 Å². The van der Waals surface area contributed by atoms with E-state index >= 15 is 0 Å². The molecule has 0 aliphatic carbocycles. The summed E-state index contributed by atoms with van der Waals surface area (Å²) in [6, 6.07) is 4.81. The minimum absolute atomic E-state index is 0.0141. The number of anilines is 2. The number of hydrogen-bond acceptors (Lipinski definition) is 7. The summed E-state index contributed by atoms with van der Waals surface area (Å²) in [4.78, 5) is 27.4. The van der Waals surface area contributed by atoms with Crippen LogP contribution in [0.25, 0.3) is 5.69 Å². The van der Waals surface area contributed by atoms with Crippen molar-refractivity contribution in [3.8, 4) is 5.69 Å². The summed E-state index contributed by atoms with van der Waals surface area (Å²) >= 11 is 0. The molecule has 3 aromatic rings. The molecule has 1 amide bonds. The summed E-state index contributed by atoms with van der Waals surface area (Å²) in [5.74, 6) is -0.443. The number of carbonyl (C=O) groups excluding carboxylic acids is 1. The highest BCUT2D eigenvalue weighted by Gasteiger charge is 2.43. The van der Waals surface area contributed by atoms with Gasteiger partial charge in [0, 0.05) is 64.2 Å². The predicted molar refractivity (Wildman–Crippen MR) is 118 cm³/mol. The van der Waals surface area contributed by atoms with Crippen LogP contribution in [0.1, 0.15) is 16.1 Å². The molecule has 2 aliphatic heterocycles. The van der Waals surface area contributed by atoms with Gasteiger partial charge in [-0.15, -0.1) is 0 Å². The summed E-state index contributed by atoms with van der Waals surface area (Å²) < 4.78 is 54.0. The molecule has 4 heterocycles. The zero-order chi connectivity index (χ0) is 24.9. The van der Waals surface area contributed by atoms with Crippen molar-refractivity contribution in [3.05, 3.63) is 53.7 Å². The van der Waals surface area contributed by atoms with Gasteiger partial charge in [-0.25, -0.2) is 9.37 Å². The fourth-order valence-electron chi connectivity index (χ4n) is 4.64. The quantitative estimate of drug-likeness (QED) is 0.520. The number of carbonyl (C=O) groups is 1. The Balaban J connectivity index is 1.34. The van der Waals surface area contributed by atoms with Gasteiger partial charge in [-0.1, -0.05) is 0 Å². The smallest absolute Gasteiger partial charge is 0.356 e. The molecule has 0 spiro atoms. The molecule has 13 heteroatoms. The molecule has 35 heavy (non-hydrogen) atoms. The highest BCUT2D eigenvalue weighted by molar-refractivity contribution is 5.98. The lowest BCUT2D eigenvalue weighted by atomic mass is 10.0. The number of fused-ring (bicyclic) bond motifs is 1. The van der Waals surface area contributed by atoms with Crippen LogP contribution in [0.4, 0.5) is 29.3 Å². The van der Waals surface area contributed by atoms with Crippen LogP contribution in [0.3, 0.4) is 0 Å². The van der Waals surface area contributed by atoms with Gasteiger partial charge in [-0.05, 0) is 12.1 Å². The highest BCUT2D eigenvalue weighted by atomic mass is 19.4. The summed E-state index contributed by atoms with van der Waals surface area (Å²) in [6.45, 7) is 1.79. The average Bonchev–Trinajstić information content (AvgIpc) is 3.54. The minimum Gasteiger partial charge on any atom is -0.356 e. The third-order valence-corrected chi connectivity index (χ3v) is 6.31. The molecule has 2 saturated heterocycles. The molecule has 2 fully saturated rings. The first-order valence-corrected chi connectivity index (χ1v) is 10.9. The molecule has 0 saturated carbocycles. The Morgan fingerprint density at radius 3 is 2.26 bits per heavy atom. The van der Waals surface area contributed by atoms with Crippen LogP contribution in [-0.4, -0.2) is 76.0 Å². The topological polar surface area (TPSA) is 83.3 Å². The van der Waals surface area contributed by atoms with Crippen molar-refractivity contribution in [2.45, 2.75) is 6.18 Å². The zero-order valence-electron chi connectivity index (χ0n) is 18.9. The summed E-state index contributed by atoms with van der Waals surface area (Å²) in [6.07, 6.45) is -1.71. The number of alkyl halides is 3. The van der Waals surface area contributed by atoms with E-state index in [9.17, 15) is 22.4 Å². The molecule has 2 aliphatic rings. The van der Waals surface area contributed by atoms with Crippen molar-refractivity contribution >= 4 is 17.7 Å². The largest absolute Gasteiger partial charge is 0.433 e. The second kappa shape index (κ2) is 8.47. The Bertz CT molecular complexity index is 1230. The maximum absolute atomic E-state index is 13.9. The third kappa shape index (κ3) is 4.37. The second-order valence-electron chi connectivity index (χ2n) is 8.92. The molecule has 2 aromatic heterocycles. The van der Waals surface area contributed by atoms with Gasteiger partial charge in [0.05, 0.1) is 18.0 Å². The molecule has 2 atom stereocenters. The summed E-state index contributed by atoms with van der Waals surface area (Å²) in [7, 11) is 3.17. The van der Waals surface area contributed by atoms with Gasteiger partial charge < -0.3 is 14.7 Å². The molecule has 0 N–H and O–H groups in total. The maximum atomic E-state index is 13.9. The van der Waals surface area contributed by atoms with E-state index in [4.69, 9.17) is 0 Å². The molecular formula is C22H22F4N8O. The number of hydrogen-bond donors (Lipinski definition) is 0. The van der Waals surface area contributed by atoms with Gasteiger partial charge in [-0.2, -0.15) is 33.1 Å². The van der Waals surface area contributed by atoms with E-state index in [-0.39, 0.29) is 40.8 Å². The monoisotopic (exact) mass is 490 g/mol. The molecule has 1 aromatic carbocycles. The number of halogens is 4. The number of aromatic nitrogens is 5. The number of likely N-dealkylation sites (tertiary alicyclic amines) is 1. The molecule has 184 valence electrons. The normalized spacial score (nSPS) is 19.8. The van der Waals surface area contributed by atoms with Crippen molar-refractivity contribution in [3.63, 3.8) is 0 Å². The van der Waals surface area contributed by atoms with Crippen LogP contribution in [0, 0.1) is 17.7 Å². The first kappa shape index (κ1) is 23.0. The fraction of sp³-hybridized carbons (Fsp3) is 0.409. The van der Waals surface area contributed by atoms with Crippen molar-refractivity contribution in [2.24, 2.45) is 11.8 Å². The van der Waals surface area contributed by atoms with Crippen molar-refractivity contribution in [1.82, 2.24) is 29.9 Å². The minimum atomic E-state index is -4.59. The predicted octanol–water partition coefficient (Wildman–Crippen LogP) is 2.49. The van der Waals surface area contributed by atoms with Crippen LogP contribution in [-0.2, 0) is 6.18 Å². The van der Waals surface area contributed by atoms with Crippen LogP contribution in [0.5, 0.6) is 0 Å². The first-order chi connectivity index (χ1) is 16.6. The number of benzene rings is 1.